The van der Waals surface area contributed by atoms with E-state index >= 15 is 0 Å². The molecule has 0 amide bonds. The van der Waals surface area contributed by atoms with Crippen molar-refractivity contribution < 1.29 is 38.7 Å². The van der Waals surface area contributed by atoms with Crippen LogP contribution >= 0.6 is 0 Å². The van der Waals surface area contributed by atoms with Gasteiger partial charge >= 0.3 is 11.9 Å². The first kappa shape index (κ1) is 25.0. The first-order valence-electron chi connectivity index (χ1n) is 13.6. The van der Waals surface area contributed by atoms with Crippen molar-refractivity contribution in [2.24, 2.45) is 40.4 Å². The highest BCUT2D eigenvalue weighted by molar-refractivity contribution is 5.68. The van der Waals surface area contributed by atoms with Gasteiger partial charge in [0.2, 0.25) is 0 Å². The van der Waals surface area contributed by atoms with Gasteiger partial charge in [-0.1, -0.05) is 6.92 Å². The molecule has 36 heavy (non-hydrogen) atoms. The van der Waals surface area contributed by atoms with E-state index in [0.29, 0.717) is 12.8 Å². The highest BCUT2D eigenvalue weighted by Crippen LogP contribution is 2.79. The fourth-order valence-corrected chi connectivity index (χ4v) is 11.1. The molecule has 0 radical (unpaired) electrons. The molecule has 13 unspecified atom stereocenters. The average Bonchev–Trinajstić information content (AvgIpc) is 3.26. The van der Waals surface area contributed by atoms with Crippen molar-refractivity contribution in [2.75, 3.05) is 33.9 Å². The third-order valence-electron chi connectivity index (χ3n) is 11.6. The number of aliphatic hydroxyl groups is 2. The molecule has 9 heteroatoms. The van der Waals surface area contributed by atoms with Crippen molar-refractivity contribution in [3.63, 3.8) is 0 Å². The molecule has 6 rings (SSSR count). The summed E-state index contributed by atoms with van der Waals surface area (Å²) >= 11 is 0. The maximum atomic E-state index is 12.8. The first-order chi connectivity index (χ1) is 17.2. The molecule has 6 aliphatic rings. The number of esters is 2. The summed E-state index contributed by atoms with van der Waals surface area (Å²) in [5.74, 6) is -1.41. The van der Waals surface area contributed by atoms with Gasteiger partial charge in [0.25, 0.3) is 0 Å². The van der Waals surface area contributed by atoms with Crippen LogP contribution in [0, 0.1) is 40.4 Å². The van der Waals surface area contributed by atoms with E-state index in [-0.39, 0.29) is 66.4 Å². The Balaban J connectivity index is 1.65. The predicted octanol–water partition coefficient (Wildman–Crippen LogP) is 0.990. The molecule has 1 spiro atoms. The molecule has 7 bridgehead atoms. The van der Waals surface area contributed by atoms with Crippen LogP contribution in [0.4, 0.5) is 0 Å². The Hall–Kier alpha value is -1.26. The lowest BCUT2D eigenvalue weighted by Crippen LogP contribution is -2.76. The maximum absolute atomic E-state index is 12.8. The summed E-state index contributed by atoms with van der Waals surface area (Å²) in [7, 11) is 3.38. The summed E-state index contributed by atoms with van der Waals surface area (Å²) in [4.78, 5) is 27.6. The zero-order chi connectivity index (χ0) is 25.8. The van der Waals surface area contributed by atoms with Crippen molar-refractivity contribution in [1.29, 1.82) is 0 Å². The number of carbonyl (C=O) groups excluding carboxylic acids is 2. The van der Waals surface area contributed by atoms with Crippen LogP contribution < -0.4 is 0 Å². The van der Waals surface area contributed by atoms with Crippen molar-refractivity contribution in [3.05, 3.63) is 0 Å². The van der Waals surface area contributed by atoms with Crippen LogP contribution in [-0.2, 0) is 28.5 Å². The molecule has 1 saturated heterocycles. The topological polar surface area (TPSA) is 115 Å². The first-order valence-corrected chi connectivity index (χ1v) is 13.6. The molecule has 0 aromatic carbocycles. The van der Waals surface area contributed by atoms with E-state index in [2.05, 4.69) is 11.8 Å². The summed E-state index contributed by atoms with van der Waals surface area (Å²) in [6.07, 6.45) is 0.966. The molecule has 5 saturated carbocycles. The van der Waals surface area contributed by atoms with E-state index in [1.807, 2.05) is 0 Å². The number of carbonyl (C=O) groups is 2. The number of hydrogen-bond acceptors (Lipinski definition) is 9. The summed E-state index contributed by atoms with van der Waals surface area (Å²) in [6, 6.07) is -0.0691. The molecule has 1 aliphatic heterocycles. The van der Waals surface area contributed by atoms with Gasteiger partial charge in [-0.3, -0.25) is 14.5 Å². The fraction of sp³-hybridized carbons (Fsp3) is 0.926. The van der Waals surface area contributed by atoms with E-state index in [0.717, 1.165) is 25.9 Å². The largest absolute Gasteiger partial charge is 0.462 e. The van der Waals surface area contributed by atoms with Gasteiger partial charge in [-0.2, -0.15) is 0 Å². The Morgan fingerprint density at radius 1 is 1.08 bits per heavy atom. The maximum Gasteiger partial charge on any atom is 0.303 e. The van der Waals surface area contributed by atoms with Gasteiger partial charge in [-0.15, -0.1) is 0 Å². The van der Waals surface area contributed by atoms with Gasteiger partial charge in [0.1, 0.15) is 11.7 Å². The summed E-state index contributed by atoms with van der Waals surface area (Å²) in [6.45, 7) is 6.52. The number of ether oxygens (including phenoxy) is 4. The minimum Gasteiger partial charge on any atom is -0.462 e. The van der Waals surface area contributed by atoms with Crippen molar-refractivity contribution in [3.8, 4) is 0 Å². The van der Waals surface area contributed by atoms with E-state index in [9.17, 15) is 19.8 Å². The van der Waals surface area contributed by atoms with Gasteiger partial charge in [-0.25, -0.2) is 0 Å². The molecule has 6 fully saturated rings. The Kier molecular flexibility index (Phi) is 5.65. The van der Waals surface area contributed by atoms with Crippen LogP contribution in [0.5, 0.6) is 0 Å². The molecule has 202 valence electrons. The standard InChI is InChI=1S/C27H41NO8/c1-6-28-11-25(12-29)8-7-18(32)27-16-9-15-17(33-4)10-26(36-14(3)31,19(16)21(15)35-13(2)30)20(24(27)28)22(34-5)23(25)27/h15-24,29,32H,6-12H2,1-5H3. The average molecular weight is 508 g/mol. The summed E-state index contributed by atoms with van der Waals surface area (Å²) in [5, 5.41) is 23.0. The normalized spacial score (nSPS) is 54.3. The molecule has 9 nitrogen and oxygen atoms in total. The predicted molar refractivity (Wildman–Crippen MR) is 127 cm³/mol. The number of likely N-dealkylation sites (tertiary alicyclic amines) is 1. The van der Waals surface area contributed by atoms with Crippen LogP contribution in [0.2, 0.25) is 0 Å². The van der Waals surface area contributed by atoms with Gasteiger partial charge in [-0.05, 0) is 31.7 Å². The van der Waals surface area contributed by atoms with Crippen molar-refractivity contribution in [2.45, 2.75) is 82.5 Å². The van der Waals surface area contributed by atoms with Gasteiger partial charge in [0.05, 0.1) is 24.9 Å². The van der Waals surface area contributed by atoms with Gasteiger partial charge in [0, 0.05) is 81.6 Å². The number of hydrogen-bond donors (Lipinski definition) is 2. The third kappa shape index (κ3) is 2.69. The number of methoxy groups -OCH3 is 2. The number of piperidine rings is 1. The molecule has 13 atom stereocenters. The molecule has 0 aromatic rings. The SMILES string of the molecule is CCN1CC2(CO)CCC(O)C34C5CC6C(OC)CC(OC(C)=O)(C5C6OC(C)=O)C(C(OC)C23)C14. The second-order valence-electron chi connectivity index (χ2n) is 12.4. The van der Waals surface area contributed by atoms with Gasteiger partial charge < -0.3 is 29.2 Å². The van der Waals surface area contributed by atoms with Crippen LogP contribution in [0.1, 0.15) is 46.5 Å². The Bertz CT molecular complexity index is 945. The fourth-order valence-electron chi connectivity index (χ4n) is 11.1. The van der Waals surface area contributed by atoms with Crippen LogP contribution in [0.3, 0.4) is 0 Å². The highest BCUT2D eigenvalue weighted by Gasteiger charge is 2.87. The van der Waals surface area contributed by atoms with Crippen LogP contribution in [-0.4, -0.2) is 97.0 Å². The van der Waals surface area contributed by atoms with Crippen LogP contribution in [0.25, 0.3) is 0 Å². The molecular weight excluding hydrogens is 466 g/mol. The zero-order valence-electron chi connectivity index (χ0n) is 22.0. The number of rotatable bonds is 6. The van der Waals surface area contributed by atoms with E-state index in [1.54, 1.807) is 14.2 Å². The lowest BCUT2D eigenvalue weighted by atomic mass is 9.43. The molecule has 0 aromatic heterocycles. The summed E-state index contributed by atoms with van der Waals surface area (Å²) in [5.41, 5.74) is -1.92. The van der Waals surface area contributed by atoms with Crippen LogP contribution in [0.15, 0.2) is 0 Å². The minimum absolute atomic E-state index is 0.0252. The second-order valence-corrected chi connectivity index (χ2v) is 12.4. The Morgan fingerprint density at radius 3 is 2.42 bits per heavy atom. The van der Waals surface area contributed by atoms with E-state index in [1.165, 1.54) is 13.8 Å². The molecule has 2 N–H and O–H groups in total. The van der Waals surface area contributed by atoms with Crippen molar-refractivity contribution in [1.82, 2.24) is 4.90 Å². The lowest BCUT2D eigenvalue weighted by Gasteiger charge is -2.68. The van der Waals surface area contributed by atoms with Crippen molar-refractivity contribution >= 4 is 11.9 Å². The Labute approximate surface area is 212 Å². The highest BCUT2D eigenvalue weighted by atomic mass is 16.6. The van der Waals surface area contributed by atoms with E-state index < -0.39 is 28.6 Å². The molecule has 5 aliphatic carbocycles. The van der Waals surface area contributed by atoms with E-state index in [4.69, 9.17) is 18.9 Å². The number of nitrogens with zero attached hydrogens (tertiary/aromatic N) is 1. The second kappa shape index (κ2) is 8.12. The molecular formula is C27H41NO8. The number of fused-ring (bicyclic) bond motifs is 2. The minimum atomic E-state index is -0.961. The molecule has 1 heterocycles. The smallest absolute Gasteiger partial charge is 0.303 e. The zero-order valence-corrected chi connectivity index (χ0v) is 22.0. The number of aliphatic hydroxyl groups excluding tert-OH is 2. The van der Waals surface area contributed by atoms with Gasteiger partial charge in [0.15, 0.2) is 0 Å². The quantitative estimate of drug-likeness (QED) is 0.508. The summed E-state index contributed by atoms with van der Waals surface area (Å²) < 4.78 is 24.9. The lowest BCUT2D eigenvalue weighted by molar-refractivity contribution is -0.277. The Morgan fingerprint density at radius 2 is 1.83 bits per heavy atom. The monoisotopic (exact) mass is 507 g/mol. The third-order valence-corrected chi connectivity index (χ3v) is 11.6.